The van der Waals surface area contributed by atoms with Gasteiger partial charge in [-0.1, -0.05) is 41.9 Å². The van der Waals surface area contributed by atoms with E-state index < -0.39 is 18.0 Å². The maximum Gasteiger partial charge on any atom is 0.358 e. The lowest BCUT2D eigenvalue weighted by atomic mass is 10.2. The van der Waals surface area contributed by atoms with Crippen LogP contribution in [0.3, 0.4) is 0 Å². The summed E-state index contributed by atoms with van der Waals surface area (Å²) in [6, 6.07) is 13.0. The lowest BCUT2D eigenvalue weighted by Gasteiger charge is -2.12. The van der Waals surface area contributed by atoms with Crippen molar-refractivity contribution in [3.8, 4) is 0 Å². The van der Waals surface area contributed by atoms with Gasteiger partial charge in [-0.05, 0) is 24.6 Å². The summed E-state index contributed by atoms with van der Waals surface area (Å²) in [7, 11) is 0. The number of rotatable bonds is 7. The summed E-state index contributed by atoms with van der Waals surface area (Å²) in [6.07, 6.45) is 0.403. The number of carbonyl (C=O) groups excluding carboxylic acids is 2. The number of nitrogens with zero attached hydrogens (tertiary/aromatic N) is 2. The van der Waals surface area contributed by atoms with E-state index in [1.54, 1.807) is 17.5 Å². The van der Waals surface area contributed by atoms with E-state index in [0.29, 0.717) is 22.5 Å². The predicted molar refractivity (Wildman–Crippen MR) is 109 cm³/mol. The number of halogens is 1. The van der Waals surface area contributed by atoms with Crippen molar-refractivity contribution in [2.24, 2.45) is 0 Å². The first-order chi connectivity index (χ1) is 13.5. The van der Waals surface area contributed by atoms with Crippen LogP contribution in [0.15, 0.2) is 54.0 Å². The SMILES string of the molecule is C[C@@H](OC(=O)c1csc(NCc2ccccc2)n1)C(=O)Nc1ccc(Cl)cn1. The number of hydrogen-bond acceptors (Lipinski definition) is 7. The highest BCUT2D eigenvalue weighted by molar-refractivity contribution is 7.13. The molecule has 0 unspecified atom stereocenters. The Morgan fingerprint density at radius 2 is 2.00 bits per heavy atom. The van der Waals surface area contributed by atoms with Gasteiger partial charge in [0.25, 0.3) is 5.91 Å². The third-order valence-corrected chi connectivity index (χ3v) is 4.66. The molecule has 0 bridgehead atoms. The average molecular weight is 417 g/mol. The molecule has 1 aromatic carbocycles. The number of hydrogen-bond donors (Lipinski definition) is 2. The Balaban J connectivity index is 1.51. The Labute approximate surface area is 170 Å². The second kappa shape index (κ2) is 9.29. The molecule has 0 saturated carbocycles. The number of amides is 1. The highest BCUT2D eigenvalue weighted by Gasteiger charge is 2.21. The normalized spacial score (nSPS) is 11.5. The van der Waals surface area contributed by atoms with Crippen LogP contribution in [0.1, 0.15) is 23.0 Å². The van der Waals surface area contributed by atoms with Crippen LogP contribution in [-0.2, 0) is 16.1 Å². The third kappa shape index (κ3) is 5.51. The molecule has 0 aliphatic rings. The van der Waals surface area contributed by atoms with Gasteiger partial charge < -0.3 is 15.4 Å². The van der Waals surface area contributed by atoms with Gasteiger partial charge in [0.15, 0.2) is 16.9 Å². The highest BCUT2D eigenvalue weighted by Crippen LogP contribution is 2.18. The summed E-state index contributed by atoms with van der Waals surface area (Å²) in [6.45, 7) is 2.07. The van der Waals surface area contributed by atoms with Gasteiger partial charge in [0.05, 0.1) is 5.02 Å². The molecule has 2 aromatic heterocycles. The Kier molecular flexibility index (Phi) is 6.57. The summed E-state index contributed by atoms with van der Waals surface area (Å²) in [5.74, 6) is -0.852. The first-order valence-electron chi connectivity index (χ1n) is 8.38. The molecule has 28 heavy (non-hydrogen) atoms. The molecule has 1 atom stereocenters. The molecular formula is C19H17ClN4O3S. The molecule has 2 heterocycles. The summed E-state index contributed by atoms with van der Waals surface area (Å²) in [5.41, 5.74) is 1.24. The van der Waals surface area contributed by atoms with Gasteiger partial charge in [0, 0.05) is 18.1 Å². The Bertz CT molecular complexity index is 947. The maximum absolute atomic E-state index is 12.2. The van der Waals surface area contributed by atoms with E-state index in [1.165, 1.54) is 24.5 Å². The summed E-state index contributed by atoms with van der Waals surface area (Å²) in [4.78, 5) is 32.5. The Hall–Kier alpha value is -2.97. The Morgan fingerprint density at radius 3 is 2.71 bits per heavy atom. The van der Waals surface area contributed by atoms with Gasteiger partial charge in [-0.15, -0.1) is 11.3 Å². The van der Waals surface area contributed by atoms with Crippen LogP contribution in [0.4, 0.5) is 10.9 Å². The lowest BCUT2D eigenvalue weighted by molar-refractivity contribution is -0.123. The summed E-state index contributed by atoms with van der Waals surface area (Å²) >= 11 is 7.04. The number of anilines is 2. The molecule has 9 heteroatoms. The molecular weight excluding hydrogens is 400 g/mol. The van der Waals surface area contributed by atoms with Crippen LogP contribution in [0, 0.1) is 0 Å². The maximum atomic E-state index is 12.2. The first kappa shape index (κ1) is 19.8. The molecule has 0 aliphatic heterocycles. The molecule has 2 N–H and O–H groups in total. The number of pyridine rings is 1. The number of esters is 1. The largest absolute Gasteiger partial charge is 0.448 e. The quantitative estimate of drug-likeness (QED) is 0.566. The van der Waals surface area contributed by atoms with Crippen LogP contribution in [0.25, 0.3) is 0 Å². The van der Waals surface area contributed by atoms with E-state index in [4.69, 9.17) is 16.3 Å². The zero-order valence-electron chi connectivity index (χ0n) is 14.9. The monoisotopic (exact) mass is 416 g/mol. The second-order valence-corrected chi connectivity index (χ2v) is 7.07. The predicted octanol–water partition coefficient (Wildman–Crippen LogP) is 3.99. The topological polar surface area (TPSA) is 93.2 Å². The van der Waals surface area contributed by atoms with Crippen molar-refractivity contribution in [3.05, 3.63) is 70.3 Å². The highest BCUT2D eigenvalue weighted by atomic mass is 35.5. The number of aromatic nitrogens is 2. The van der Waals surface area contributed by atoms with Crippen molar-refractivity contribution < 1.29 is 14.3 Å². The lowest BCUT2D eigenvalue weighted by Crippen LogP contribution is -2.30. The molecule has 144 valence electrons. The molecule has 0 spiro atoms. The van der Waals surface area contributed by atoms with E-state index in [2.05, 4.69) is 20.6 Å². The van der Waals surface area contributed by atoms with Crippen molar-refractivity contribution in [1.82, 2.24) is 9.97 Å². The number of nitrogens with one attached hydrogen (secondary N) is 2. The number of benzene rings is 1. The van der Waals surface area contributed by atoms with Crippen molar-refractivity contribution >= 4 is 45.8 Å². The van der Waals surface area contributed by atoms with Crippen LogP contribution < -0.4 is 10.6 Å². The number of carbonyl (C=O) groups is 2. The molecule has 0 fully saturated rings. The van der Waals surface area contributed by atoms with Crippen molar-refractivity contribution in [3.63, 3.8) is 0 Å². The Morgan fingerprint density at radius 1 is 1.21 bits per heavy atom. The molecule has 1 amide bonds. The van der Waals surface area contributed by atoms with E-state index in [-0.39, 0.29) is 5.69 Å². The van der Waals surface area contributed by atoms with Gasteiger partial charge in [0.1, 0.15) is 5.82 Å². The fourth-order valence-corrected chi connectivity index (χ4v) is 2.96. The van der Waals surface area contributed by atoms with Gasteiger partial charge in [0.2, 0.25) is 0 Å². The zero-order chi connectivity index (χ0) is 19.9. The molecule has 7 nitrogen and oxygen atoms in total. The van der Waals surface area contributed by atoms with Gasteiger partial charge in [-0.25, -0.2) is 14.8 Å². The molecule has 0 radical (unpaired) electrons. The van der Waals surface area contributed by atoms with Crippen LogP contribution in [-0.4, -0.2) is 27.9 Å². The fourth-order valence-electron chi connectivity index (χ4n) is 2.17. The minimum absolute atomic E-state index is 0.143. The van der Waals surface area contributed by atoms with Crippen LogP contribution >= 0.6 is 22.9 Å². The van der Waals surface area contributed by atoms with E-state index in [1.807, 2.05) is 30.3 Å². The first-order valence-corrected chi connectivity index (χ1v) is 9.64. The molecule has 3 aromatic rings. The standard InChI is InChI=1S/C19H17ClN4O3S/c1-12(17(25)24-16-8-7-14(20)10-21-16)27-18(26)15-11-28-19(23-15)22-9-13-5-3-2-4-6-13/h2-8,10-12H,9H2,1H3,(H,22,23)(H,21,24,25)/t12-/m1/s1. The van der Waals surface area contributed by atoms with E-state index >= 15 is 0 Å². The molecule has 0 saturated heterocycles. The van der Waals surface area contributed by atoms with Crippen LogP contribution in [0.5, 0.6) is 0 Å². The minimum atomic E-state index is -1.01. The van der Waals surface area contributed by atoms with Crippen molar-refractivity contribution in [2.45, 2.75) is 19.6 Å². The van der Waals surface area contributed by atoms with Gasteiger partial charge in [-0.2, -0.15) is 0 Å². The van der Waals surface area contributed by atoms with Gasteiger partial charge in [-0.3, -0.25) is 4.79 Å². The van der Waals surface area contributed by atoms with Crippen LogP contribution in [0.2, 0.25) is 5.02 Å². The second-order valence-electron chi connectivity index (χ2n) is 5.78. The minimum Gasteiger partial charge on any atom is -0.448 e. The third-order valence-electron chi connectivity index (χ3n) is 3.63. The average Bonchev–Trinajstić information content (AvgIpc) is 3.18. The fraction of sp³-hybridized carbons (Fsp3) is 0.158. The zero-order valence-corrected chi connectivity index (χ0v) is 16.5. The van der Waals surface area contributed by atoms with Crippen molar-refractivity contribution in [2.75, 3.05) is 10.6 Å². The molecule has 0 aliphatic carbocycles. The number of thiazole rings is 1. The summed E-state index contributed by atoms with van der Waals surface area (Å²) < 4.78 is 5.18. The number of ether oxygens (including phenoxy) is 1. The molecule has 3 rings (SSSR count). The van der Waals surface area contributed by atoms with E-state index in [0.717, 1.165) is 5.56 Å². The summed E-state index contributed by atoms with van der Waals surface area (Å²) in [5, 5.41) is 8.34. The van der Waals surface area contributed by atoms with Gasteiger partial charge >= 0.3 is 5.97 Å². The van der Waals surface area contributed by atoms with E-state index in [9.17, 15) is 9.59 Å². The smallest absolute Gasteiger partial charge is 0.358 e. The van der Waals surface area contributed by atoms with Crippen molar-refractivity contribution in [1.29, 1.82) is 0 Å².